The monoisotopic (exact) mass is 351 g/mol. The summed E-state index contributed by atoms with van der Waals surface area (Å²) in [6.45, 7) is 3.19. The molecule has 0 saturated heterocycles. The standard InChI is InChI=1S/C22H29N3O/c1-23(2)21(26)18-8-10-19(11-9-18)22(12-4-3-5-13-22)25-16-15-24-14-6-7-20(24)17-25/h6-11,14H,3-5,12-13,15-17H2,1-2H3. The number of fused-ring (bicyclic) bond motifs is 1. The van der Waals surface area contributed by atoms with Crippen LogP contribution in [0.25, 0.3) is 0 Å². The summed E-state index contributed by atoms with van der Waals surface area (Å²) in [5.41, 5.74) is 3.69. The van der Waals surface area contributed by atoms with E-state index < -0.39 is 0 Å². The predicted molar refractivity (Wildman–Crippen MR) is 104 cm³/mol. The fourth-order valence-electron chi connectivity index (χ4n) is 4.78. The fraction of sp³-hybridized carbons (Fsp3) is 0.500. The second kappa shape index (κ2) is 6.92. The van der Waals surface area contributed by atoms with Crippen molar-refractivity contribution < 1.29 is 4.79 Å². The predicted octanol–water partition coefficient (Wildman–Crippen LogP) is 3.87. The summed E-state index contributed by atoms with van der Waals surface area (Å²) in [4.78, 5) is 16.6. The molecule has 0 radical (unpaired) electrons. The van der Waals surface area contributed by atoms with Gasteiger partial charge < -0.3 is 9.47 Å². The maximum atomic E-state index is 12.2. The third-order valence-electron chi connectivity index (χ3n) is 6.25. The first-order valence-corrected chi connectivity index (χ1v) is 9.81. The highest BCUT2D eigenvalue weighted by Crippen LogP contribution is 2.44. The van der Waals surface area contributed by atoms with Crippen LogP contribution in [-0.2, 0) is 18.6 Å². The minimum atomic E-state index is 0.0741. The average molecular weight is 351 g/mol. The van der Waals surface area contributed by atoms with Gasteiger partial charge in [-0.1, -0.05) is 31.4 Å². The Labute approximate surface area is 156 Å². The molecule has 2 aliphatic rings. The molecule has 0 spiro atoms. The van der Waals surface area contributed by atoms with Crippen molar-refractivity contribution in [1.29, 1.82) is 0 Å². The molecule has 1 saturated carbocycles. The van der Waals surface area contributed by atoms with E-state index in [2.05, 4.69) is 39.9 Å². The summed E-state index contributed by atoms with van der Waals surface area (Å²) < 4.78 is 2.38. The van der Waals surface area contributed by atoms with Crippen LogP contribution in [0.4, 0.5) is 0 Å². The lowest BCUT2D eigenvalue weighted by atomic mass is 9.74. The van der Waals surface area contributed by atoms with E-state index in [0.29, 0.717) is 0 Å². The Kier molecular flexibility index (Phi) is 4.62. The van der Waals surface area contributed by atoms with Crippen LogP contribution in [0.15, 0.2) is 42.6 Å². The van der Waals surface area contributed by atoms with Gasteiger partial charge in [-0.05, 0) is 42.7 Å². The maximum Gasteiger partial charge on any atom is 0.253 e. The van der Waals surface area contributed by atoms with Gasteiger partial charge in [0.2, 0.25) is 0 Å². The smallest absolute Gasteiger partial charge is 0.253 e. The summed E-state index contributed by atoms with van der Waals surface area (Å²) in [5, 5.41) is 0. The lowest BCUT2D eigenvalue weighted by Crippen LogP contribution is -2.50. The molecule has 1 aliphatic carbocycles. The topological polar surface area (TPSA) is 28.5 Å². The molecule has 4 rings (SSSR count). The van der Waals surface area contributed by atoms with Crippen LogP contribution in [-0.4, -0.2) is 40.9 Å². The largest absolute Gasteiger partial charge is 0.349 e. The van der Waals surface area contributed by atoms with E-state index >= 15 is 0 Å². The first kappa shape index (κ1) is 17.3. The van der Waals surface area contributed by atoms with Gasteiger partial charge in [0.1, 0.15) is 0 Å². The van der Waals surface area contributed by atoms with Crippen molar-refractivity contribution in [3.05, 3.63) is 59.4 Å². The normalized spacial score (nSPS) is 19.8. The molecular weight excluding hydrogens is 322 g/mol. The molecule has 1 aliphatic heterocycles. The molecule has 0 unspecified atom stereocenters. The van der Waals surface area contributed by atoms with Gasteiger partial charge in [-0.15, -0.1) is 0 Å². The van der Waals surface area contributed by atoms with E-state index in [1.165, 1.54) is 43.4 Å². The molecule has 1 amide bonds. The van der Waals surface area contributed by atoms with Crippen molar-refractivity contribution in [3.8, 4) is 0 Å². The lowest BCUT2D eigenvalue weighted by molar-refractivity contribution is 0.0235. The number of amides is 1. The van der Waals surface area contributed by atoms with Crippen molar-refractivity contribution in [2.24, 2.45) is 0 Å². The molecule has 138 valence electrons. The molecule has 0 atom stereocenters. The fourth-order valence-corrected chi connectivity index (χ4v) is 4.78. The zero-order valence-electron chi connectivity index (χ0n) is 15.9. The van der Waals surface area contributed by atoms with Crippen LogP contribution in [0, 0.1) is 0 Å². The highest BCUT2D eigenvalue weighted by Gasteiger charge is 2.40. The van der Waals surface area contributed by atoms with Gasteiger partial charge in [0.25, 0.3) is 5.91 Å². The van der Waals surface area contributed by atoms with Crippen LogP contribution in [0.2, 0.25) is 0 Å². The van der Waals surface area contributed by atoms with E-state index in [1.54, 1.807) is 4.90 Å². The SMILES string of the molecule is CN(C)C(=O)c1ccc(C2(N3CCn4cccc4C3)CCCCC2)cc1. The third-order valence-corrected chi connectivity index (χ3v) is 6.25. The number of nitrogens with zero attached hydrogens (tertiary/aromatic N) is 3. The molecule has 1 aromatic heterocycles. The first-order valence-electron chi connectivity index (χ1n) is 9.81. The Morgan fingerprint density at radius 3 is 2.42 bits per heavy atom. The summed E-state index contributed by atoms with van der Waals surface area (Å²) in [5.74, 6) is 0.0741. The van der Waals surface area contributed by atoms with Crippen LogP contribution in [0.5, 0.6) is 0 Å². The molecule has 26 heavy (non-hydrogen) atoms. The van der Waals surface area contributed by atoms with Crippen LogP contribution < -0.4 is 0 Å². The number of carbonyl (C=O) groups excluding carboxylic acids is 1. The van der Waals surface area contributed by atoms with E-state index in [-0.39, 0.29) is 11.4 Å². The van der Waals surface area contributed by atoms with Crippen LogP contribution in [0.3, 0.4) is 0 Å². The van der Waals surface area contributed by atoms with Gasteiger partial charge in [-0.3, -0.25) is 9.69 Å². The zero-order valence-corrected chi connectivity index (χ0v) is 15.9. The lowest BCUT2D eigenvalue weighted by Gasteiger charge is -2.49. The van der Waals surface area contributed by atoms with Crippen LogP contribution in [0.1, 0.15) is 53.7 Å². The van der Waals surface area contributed by atoms with Gasteiger partial charge in [-0.2, -0.15) is 0 Å². The average Bonchev–Trinajstić information content (AvgIpc) is 3.16. The zero-order chi connectivity index (χ0) is 18.1. The number of rotatable bonds is 3. The molecule has 2 aromatic rings. The molecule has 1 fully saturated rings. The number of aromatic nitrogens is 1. The third kappa shape index (κ3) is 2.96. The van der Waals surface area contributed by atoms with Gasteiger partial charge in [0, 0.05) is 56.7 Å². The molecular formula is C22H29N3O. The highest BCUT2D eigenvalue weighted by atomic mass is 16.2. The van der Waals surface area contributed by atoms with E-state index in [1.807, 2.05) is 26.2 Å². The second-order valence-electron chi connectivity index (χ2n) is 7.98. The van der Waals surface area contributed by atoms with Crippen molar-refractivity contribution in [2.75, 3.05) is 20.6 Å². The van der Waals surface area contributed by atoms with Gasteiger partial charge in [-0.25, -0.2) is 0 Å². The molecule has 1 aromatic carbocycles. The molecule has 0 N–H and O–H groups in total. The van der Waals surface area contributed by atoms with Crippen LogP contribution >= 0.6 is 0 Å². The van der Waals surface area contributed by atoms with E-state index in [9.17, 15) is 4.79 Å². The Morgan fingerprint density at radius 1 is 1.00 bits per heavy atom. The molecule has 0 bridgehead atoms. The van der Waals surface area contributed by atoms with Crippen molar-refractivity contribution in [2.45, 2.75) is 50.7 Å². The second-order valence-corrected chi connectivity index (χ2v) is 7.98. The molecule has 2 heterocycles. The number of hydrogen-bond acceptors (Lipinski definition) is 2. The molecule has 4 nitrogen and oxygen atoms in total. The summed E-state index contributed by atoms with van der Waals surface area (Å²) in [6.07, 6.45) is 8.54. The van der Waals surface area contributed by atoms with Gasteiger partial charge in [0.05, 0.1) is 0 Å². The minimum absolute atomic E-state index is 0.0741. The number of benzene rings is 1. The Balaban J connectivity index is 1.66. The Hall–Kier alpha value is -2.07. The van der Waals surface area contributed by atoms with Crippen molar-refractivity contribution >= 4 is 5.91 Å². The van der Waals surface area contributed by atoms with Crippen molar-refractivity contribution in [1.82, 2.24) is 14.4 Å². The Bertz CT molecular complexity index is 769. The highest BCUT2D eigenvalue weighted by molar-refractivity contribution is 5.93. The number of hydrogen-bond donors (Lipinski definition) is 0. The van der Waals surface area contributed by atoms with Gasteiger partial charge >= 0.3 is 0 Å². The van der Waals surface area contributed by atoms with Gasteiger partial charge in [0.15, 0.2) is 0 Å². The first-order chi connectivity index (χ1) is 12.6. The van der Waals surface area contributed by atoms with E-state index in [0.717, 1.165) is 25.2 Å². The Morgan fingerprint density at radius 2 is 1.73 bits per heavy atom. The maximum absolute atomic E-state index is 12.2. The summed E-state index contributed by atoms with van der Waals surface area (Å²) >= 11 is 0. The van der Waals surface area contributed by atoms with Crippen molar-refractivity contribution in [3.63, 3.8) is 0 Å². The van der Waals surface area contributed by atoms with E-state index in [4.69, 9.17) is 0 Å². The molecule has 4 heteroatoms. The summed E-state index contributed by atoms with van der Waals surface area (Å²) in [6, 6.07) is 12.8. The minimum Gasteiger partial charge on any atom is -0.349 e. The summed E-state index contributed by atoms with van der Waals surface area (Å²) in [7, 11) is 3.61. The number of carbonyl (C=O) groups is 1. The quantitative estimate of drug-likeness (QED) is 0.840.